The SMILES string of the molecule is CN1C(=O)C(c2cccc(-c3ccccc3)c2)(c2cc(C=O)n(CCCF)c2)N=C1N. The van der Waals surface area contributed by atoms with Gasteiger partial charge in [-0.05, 0) is 35.2 Å². The Bertz CT molecular complexity index is 1160. The van der Waals surface area contributed by atoms with Crippen molar-refractivity contribution in [2.75, 3.05) is 13.7 Å². The molecule has 1 aliphatic heterocycles. The van der Waals surface area contributed by atoms with Crippen molar-refractivity contribution >= 4 is 18.2 Å². The summed E-state index contributed by atoms with van der Waals surface area (Å²) in [7, 11) is 1.57. The number of carbonyl (C=O) groups is 2. The topological polar surface area (TPSA) is 80.7 Å². The number of aliphatic imine (C=N–C) groups is 1. The Labute approximate surface area is 179 Å². The van der Waals surface area contributed by atoms with Crippen LogP contribution in [0.2, 0.25) is 0 Å². The van der Waals surface area contributed by atoms with Crippen LogP contribution in [0.3, 0.4) is 0 Å². The number of benzene rings is 2. The van der Waals surface area contributed by atoms with E-state index < -0.39 is 12.2 Å². The molecule has 1 aliphatic rings. The molecule has 0 saturated heterocycles. The molecule has 1 aromatic heterocycles. The minimum Gasteiger partial charge on any atom is -0.369 e. The number of carbonyl (C=O) groups excluding carboxylic acids is 2. The molecule has 1 unspecified atom stereocenters. The second-order valence-electron chi connectivity index (χ2n) is 7.50. The molecule has 1 atom stereocenters. The number of nitrogens with zero attached hydrogens (tertiary/aromatic N) is 3. The highest BCUT2D eigenvalue weighted by Crippen LogP contribution is 2.41. The van der Waals surface area contributed by atoms with Crippen LogP contribution in [0.25, 0.3) is 11.1 Å². The molecule has 0 fully saturated rings. The molecule has 2 aromatic carbocycles. The maximum Gasteiger partial charge on any atom is 0.266 e. The van der Waals surface area contributed by atoms with Gasteiger partial charge < -0.3 is 10.3 Å². The fourth-order valence-corrected chi connectivity index (χ4v) is 3.98. The first-order chi connectivity index (χ1) is 15.0. The highest BCUT2D eigenvalue weighted by atomic mass is 19.1. The van der Waals surface area contributed by atoms with Crippen LogP contribution >= 0.6 is 0 Å². The van der Waals surface area contributed by atoms with Gasteiger partial charge in [-0.1, -0.05) is 48.5 Å². The maximum absolute atomic E-state index is 13.5. The predicted octanol–water partition coefficient (Wildman–Crippen LogP) is 3.36. The third-order valence-electron chi connectivity index (χ3n) is 5.63. The zero-order valence-electron chi connectivity index (χ0n) is 17.2. The van der Waals surface area contributed by atoms with E-state index in [0.29, 0.717) is 29.7 Å². The monoisotopic (exact) mass is 418 g/mol. The second-order valence-corrected chi connectivity index (χ2v) is 7.50. The number of amides is 1. The normalized spacial score (nSPS) is 18.3. The minimum atomic E-state index is -1.41. The molecule has 6 nitrogen and oxygen atoms in total. The lowest BCUT2D eigenvalue weighted by Crippen LogP contribution is -2.41. The van der Waals surface area contributed by atoms with E-state index in [-0.39, 0.29) is 18.3 Å². The number of rotatable bonds is 7. The third-order valence-corrected chi connectivity index (χ3v) is 5.63. The van der Waals surface area contributed by atoms with Gasteiger partial charge in [0.05, 0.1) is 12.4 Å². The van der Waals surface area contributed by atoms with Crippen LogP contribution < -0.4 is 5.73 Å². The van der Waals surface area contributed by atoms with E-state index in [4.69, 9.17) is 5.73 Å². The summed E-state index contributed by atoms with van der Waals surface area (Å²) in [5.41, 5.74) is 8.10. The van der Waals surface area contributed by atoms with Crippen molar-refractivity contribution in [2.45, 2.75) is 18.5 Å². The van der Waals surface area contributed by atoms with Crippen LogP contribution in [0, 0.1) is 0 Å². The number of nitrogens with two attached hydrogens (primary N) is 1. The van der Waals surface area contributed by atoms with Crippen molar-refractivity contribution in [1.29, 1.82) is 0 Å². The van der Waals surface area contributed by atoms with Crippen LogP contribution in [0.1, 0.15) is 28.0 Å². The first-order valence-electron chi connectivity index (χ1n) is 10.0. The van der Waals surface area contributed by atoms with Crippen molar-refractivity contribution in [1.82, 2.24) is 9.47 Å². The Balaban J connectivity index is 1.91. The summed E-state index contributed by atoms with van der Waals surface area (Å²) >= 11 is 0. The van der Waals surface area contributed by atoms with Gasteiger partial charge in [0, 0.05) is 25.4 Å². The first kappa shape index (κ1) is 20.5. The van der Waals surface area contributed by atoms with Crippen molar-refractivity contribution in [3.8, 4) is 11.1 Å². The van der Waals surface area contributed by atoms with E-state index in [1.54, 1.807) is 23.9 Å². The molecule has 2 N–H and O–H groups in total. The second kappa shape index (κ2) is 8.18. The Morgan fingerprint density at radius 3 is 2.45 bits per heavy atom. The van der Waals surface area contributed by atoms with Crippen molar-refractivity contribution < 1.29 is 14.0 Å². The quantitative estimate of drug-likeness (QED) is 0.598. The molecular weight excluding hydrogens is 395 g/mol. The average molecular weight is 418 g/mol. The fraction of sp³-hybridized carbons (Fsp3) is 0.208. The molecule has 4 rings (SSSR count). The number of aromatic nitrogens is 1. The summed E-state index contributed by atoms with van der Waals surface area (Å²) in [6.07, 6.45) is 2.67. The van der Waals surface area contributed by atoms with Crippen LogP contribution in [0.4, 0.5) is 4.39 Å². The lowest BCUT2D eigenvalue weighted by atomic mass is 9.83. The molecule has 2 heterocycles. The average Bonchev–Trinajstić information content (AvgIpc) is 3.33. The Morgan fingerprint density at radius 1 is 1.06 bits per heavy atom. The van der Waals surface area contributed by atoms with Crippen LogP contribution in [0.5, 0.6) is 0 Å². The third kappa shape index (κ3) is 3.42. The smallest absolute Gasteiger partial charge is 0.266 e. The summed E-state index contributed by atoms with van der Waals surface area (Å²) in [4.78, 5) is 31.0. The van der Waals surface area contributed by atoms with Crippen molar-refractivity contribution in [2.24, 2.45) is 10.7 Å². The zero-order valence-corrected chi connectivity index (χ0v) is 17.2. The molecule has 0 saturated carbocycles. The Kier molecular flexibility index (Phi) is 5.42. The number of likely N-dealkylation sites (N-methyl/N-ethyl adjacent to an activating group) is 1. The summed E-state index contributed by atoms with van der Waals surface area (Å²) < 4.78 is 14.4. The summed E-state index contributed by atoms with van der Waals surface area (Å²) in [6.45, 7) is -0.170. The molecule has 31 heavy (non-hydrogen) atoms. The first-order valence-corrected chi connectivity index (χ1v) is 10.0. The number of alkyl halides is 1. The Morgan fingerprint density at radius 2 is 1.81 bits per heavy atom. The van der Waals surface area contributed by atoms with Gasteiger partial charge in [0.15, 0.2) is 17.8 Å². The van der Waals surface area contributed by atoms with Gasteiger partial charge in [-0.25, -0.2) is 4.99 Å². The van der Waals surface area contributed by atoms with Gasteiger partial charge in [0.1, 0.15) is 0 Å². The molecular formula is C24H23FN4O2. The molecule has 0 spiro atoms. The van der Waals surface area contributed by atoms with Crippen molar-refractivity contribution in [3.05, 3.63) is 83.7 Å². The number of hydrogen-bond acceptors (Lipinski definition) is 4. The van der Waals surface area contributed by atoms with E-state index in [9.17, 15) is 14.0 Å². The largest absolute Gasteiger partial charge is 0.369 e. The lowest BCUT2D eigenvalue weighted by molar-refractivity contribution is -0.129. The molecule has 3 aromatic rings. The van der Waals surface area contributed by atoms with Gasteiger partial charge in [-0.15, -0.1) is 0 Å². The maximum atomic E-state index is 13.5. The summed E-state index contributed by atoms with van der Waals surface area (Å²) in [6, 6.07) is 19.0. The van der Waals surface area contributed by atoms with E-state index in [2.05, 4.69) is 4.99 Å². The number of aldehydes is 1. The van der Waals surface area contributed by atoms with Crippen LogP contribution in [0.15, 0.2) is 71.9 Å². The molecule has 0 radical (unpaired) electrons. The standard InChI is InChI=1S/C24H23FN4O2/c1-28-22(31)24(27-23(28)26,20-14-21(16-30)29(15-20)12-6-11-25)19-10-5-9-18(13-19)17-7-3-2-4-8-17/h2-5,7-10,13-16H,6,11-12H2,1H3,(H2,26,27). The highest BCUT2D eigenvalue weighted by molar-refractivity contribution is 6.09. The molecule has 0 bridgehead atoms. The van der Waals surface area contributed by atoms with Crippen LogP contribution in [-0.4, -0.2) is 41.3 Å². The predicted molar refractivity (Wildman–Crippen MR) is 117 cm³/mol. The number of aryl methyl sites for hydroxylation is 1. The zero-order chi connectivity index (χ0) is 22.0. The van der Waals surface area contributed by atoms with Gasteiger partial charge in [0.25, 0.3) is 5.91 Å². The molecule has 1 amide bonds. The summed E-state index contributed by atoms with van der Waals surface area (Å²) in [5.74, 6) is -0.213. The van der Waals surface area contributed by atoms with Gasteiger partial charge in [-0.2, -0.15) is 0 Å². The number of guanidine groups is 1. The van der Waals surface area contributed by atoms with Crippen molar-refractivity contribution in [3.63, 3.8) is 0 Å². The Hall–Kier alpha value is -3.74. The van der Waals surface area contributed by atoms with Gasteiger partial charge >= 0.3 is 0 Å². The van der Waals surface area contributed by atoms with Gasteiger partial charge in [-0.3, -0.25) is 18.9 Å². The fourth-order valence-electron chi connectivity index (χ4n) is 3.98. The minimum absolute atomic E-state index is 0.0966. The molecule has 0 aliphatic carbocycles. The van der Waals surface area contributed by atoms with Gasteiger partial charge in [0.2, 0.25) is 0 Å². The van der Waals surface area contributed by atoms with E-state index >= 15 is 0 Å². The van der Waals surface area contributed by atoms with Crippen LogP contribution in [-0.2, 0) is 16.9 Å². The molecule has 158 valence electrons. The lowest BCUT2D eigenvalue weighted by Gasteiger charge is -2.25. The number of hydrogen-bond donors (Lipinski definition) is 1. The summed E-state index contributed by atoms with van der Waals surface area (Å²) in [5, 5.41) is 0. The van der Waals surface area contributed by atoms with E-state index in [0.717, 1.165) is 11.1 Å². The molecule has 7 heteroatoms. The number of halogens is 1. The van der Waals surface area contributed by atoms with E-state index in [1.807, 2.05) is 54.6 Å². The highest BCUT2D eigenvalue weighted by Gasteiger charge is 2.50. The van der Waals surface area contributed by atoms with E-state index in [1.165, 1.54) is 4.90 Å².